The van der Waals surface area contributed by atoms with Crippen LogP contribution in [0.2, 0.25) is 0 Å². The Morgan fingerprint density at radius 2 is 1.76 bits per heavy atom. The number of nitrogens with zero attached hydrogens (tertiary/aromatic N) is 1. The molecule has 6 rings (SSSR count). The maximum atomic E-state index is 12.4. The molecular weight excluding hydrogens is 410 g/mol. The van der Waals surface area contributed by atoms with Crippen molar-refractivity contribution in [2.75, 3.05) is 19.6 Å². The molecule has 1 aromatic heterocycles. The zero-order valence-corrected chi connectivity index (χ0v) is 20.9. The van der Waals surface area contributed by atoms with E-state index in [1.54, 1.807) is 12.5 Å². The van der Waals surface area contributed by atoms with Crippen LogP contribution in [0.3, 0.4) is 0 Å². The summed E-state index contributed by atoms with van der Waals surface area (Å²) in [5.41, 5.74) is -1.05. The highest BCUT2D eigenvalue weighted by Crippen LogP contribution is 2.71. The molecule has 8 atom stereocenters. The molecule has 1 aromatic rings. The van der Waals surface area contributed by atoms with Gasteiger partial charge < -0.3 is 19.5 Å². The Bertz CT molecular complexity index is 849. The topological polar surface area (TPSA) is 56.8 Å². The van der Waals surface area contributed by atoms with E-state index in [-0.39, 0.29) is 0 Å². The molecular formula is C29H45NO3. The van der Waals surface area contributed by atoms with Gasteiger partial charge in [-0.1, -0.05) is 20.3 Å². The summed E-state index contributed by atoms with van der Waals surface area (Å²) in [5, 5.41) is 24.4. The van der Waals surface area contributed by atoms with Gasteiger partial charge in [-0.05, 0) is 125 Å². The van der Waals surface area contributed by atoms with Crippen molar-refractivity contribution in [1.29, 1.82) is 0 Å². The summed E-state index contributed by atoms with van der Waals surface area (Å²) >= 11 is 0. The number of hydrogen-bond donors (Lipinski definition) is 2. The molecule has 0 radical (unpaired) electrons. The Morgan fingerprint density at radius 1 is 0.970 bits per heavy atom. The van der Waals surface area contributed by atoms with Crippen LogP contribution in [0, 0.1) is 34.5 Å². The van der Waals surface area contributed by atoms with E-state index in [1.807, 2.05) is 6.07 Å². The van der Waals surface area contributed by atoms with Gasteiger partial charge in [0.1, 0.15) is 5.60 Å². The van der Waals surface area contributed by atoms with Gasteiger partial charge in [-0.15, -0.1) is 0 Å². The first-order chi connectivity index (χ1) is 15.8. The van der Waals surface area contributed by atoms with Crippen LogP contribution in [0.1, 0.15) is 96.5 Å². The third-order valence-corrected chi connectivity index (χ3v) is 12.1. The Labute approximate surface area is 200 Å². The summed E-state index contributed by atoms with van der Waals surface area (Å²) < 4.78 is 5.37. The lowest BCUT2D eigenvalue weighted by molar-refractivity contribution is -0.238. The van der Waals surface area contributed by atoms with E-state index in [1.165, 1.54) is 64.6 Å². The fourth-order valence-electron chi connectivity index (χ4n) is 10.1. The molecule has 0 bridgehead atoms. The number of rotatable bonds is 4. The van der Waals surface area contributed by atoms with Crippen LogP contribution < -0.4 is 0 Å². The second-order valence-electron chi connectivity index (χ2n) is 13.1. The fraction of sp³-hybridized carbons (Fsp3) is 0.862. The Balaban J connectivity index is 1.24. The highest BCUT2D eigenvalue weighted by atomic mass is 16.3. The van der Waals surface area contributed by atoms with Gasteiger partial charge in [0, 0.05) is 11.0 Å². The van der Waals surface area contributed by atoms with Gasteiger partial charge in [0.05, 0.1) is 18.1 Å². The quantitative estimate of drug-likeness (QED) is 0.609. The van der Waals surface area contributed by atoms with Crippen LogP contribution in [0.15, 0.2) is 23.0 Å². The van der Waals surface area contributed by atoms with E-state index >= 15 is 0 Å². The predicted molar refractivity (Wildman–Crippen MR) is 130 cm³/mol. The van der Waals surface area contributed by atoms with Crippen molar-refractivity contribution in [2.45, 2.75) is 102 Å². The molecule has 4 aliphatic carbocycles. The third-order valence-electron chi connectivity index (χ3n) is 12.1. The van der Waals surface area contributed by atoms with Gasteiger partial charge in [-0.25, -0.2) is 0 Å². The van der Waals surface area contributed by atoms with Crippen molar-refractivity contribution >= 4 is 0 Å². The maximum Gasteiger partial charge on any atom is 0.101 e. The molecule has 33 heavy (non-hydrogen) atoms. The van der Waals surface area contributed by atoms with Crippen molar-refractivity contribution in [3.63, 3.8) is 0 Å². The van der Waals surface area contributed by atoms with E-state index in [9.17, 15) is 10.2 Å². The standard InChI is InChI=1S/C29H45NO3/c1-26-19-21(10-17-30-15-3-4-16-30)5-6-22(26)7-8-25-24(26)9-12-27(2)28(31,13-14-29(25,27)32)23-11-18-33-20-23/h11,18,20-22,24-25,31-32H,3-10,12-17,19H2,1-2H3/t21?,22?,24-,25-,26+,27-,28?,29-/m1/s1. The lowest BCUT2D eigenvalue weighted by Crippen LogP contribution is -2.64. The predicted octanol–water partition coefficient (Wildman–Crippen LogP) is 5.73. The molecule has 184 valence electrons. The maximum absolute atomic E-state index is 12.4. The molecule has 2 N–H and O–H groups in total. The minimum atomic E-state index is -0.984. The van der Waals surface area contributed by atoms with Gasteiger partial charge in [-0.2, -0.15) is 0 Å². The van der Waals surface area contributed by atoms with Crippen LogP contribution in [0.4, 0.5) is 0 Å². The first kappa shape index (κ1) is 22.6. The SMILES string of the molecule is C[C@]12CC(CCN3CCCC3)CCC1CC[C@@H]1[C@H]2CC[C@]2(C)C(O)(c3ccoc3)CC[C@@]12O. The molecule has 1 saturated heterocycles. The third kappa shape index (κ3) is 3.12. The van der Waals surface area contributed by atoms with Crippen molar-refractivity contribution in [1.82, 2.24) is 4.90 Å². The second kappa shape index (κ2) is 7.83. The van der Waals surface area contributed by atoms with Gasteiger partial charge >= 0.3 is 0 Å². The molecule has 3 unspecified atom stereocenters. The molecule has 5 aliphatic rings. The zero-order chi connectivity index (χ0) is 22.9. The molecule has 4 saturated carbocycles. The van der Waals surface area contributed by atoms with Gasteiger partial charge in [0.25, 0.3) is 0 Å². The van der Waals surface area contributed by atoms with Gasteiger partial charge in [0.15, 0.2) is 0 Å². The summed E-state index contributed by atoms with van der Waals surface area (Å²) in [7, 11) is 0. The highest BCUT2D eigenvalue weighted by molar-refractivity contribution is 5.30. The molecule has 0 amide bonds. The van der Waals surface area contributed by atoms with Gasteiger partial charge in [0.2, 0.25) is 0 Å². The average Bonchev–Trinajstić information content (AvgIpc) is 3.55. The van der Waals surface area contributed by atoms with E-state index < -0.39 is 16.6 Å². The smallest absolute Gasteiger partial charge is 0.101 e. The average molecular weight is 456 g/mol. The molecule has 5 fully saturated rings. The first-order valence-corrected chi connectivity index (χ1v) is 14.0. The Morgan fingerprint density at radius 3 is 2.52 bits per heavy atom. The summed E-state index contributed by atoms with van der Waals surface area (Å²) in [4.78, 5) is 2.68. The minimum Gasteiger partial charge on any atom is -0.472 e. The van der Waals surface area contributed by atoms with Crippen molar-refractivity contribution in [3.8, 4) is 0 Å². The van der Waals surface area contributed by atoms with E-state index in [0.29, 0.717) is 30.1 Å². The van der Waals surface area contributed by atoms with E-state index in [0.717, 1.165) is 36.7 Å². The van der Waals surface area contributed by atoms with Crippen molar-refractivity contribution in [2.24, 2.45) is 34.5 Å². The minimum absolute atomic E-state index is 0.316. The monoisotopic (exact) mass is 455 g/mol. The highest BCUT2D eigenvalue weighted by Gasteiger charge is 2.72. The van der Waals surface area contributed by atoms with E-state index in [4.69, 9.17) is 4.42 Å². The molecule has 2 heterocycles. The van der Waals surface area contributed by atoms with Crippen LogP contribution in [-0.2, 0) is 5.60 Å². The summed E-state index contributed by atoms with van der Waals surface area (Å²) in [6.07, 6.45) is 17.5. The number of fused-ring (bicyclic) bond motifs is 5. The normalized spacial score (nSPS) is 50.1. The lowest BCUT2D eigenvalue weighted by atomic mass is 9.42. The van der Waals surface area contributed by atoms with Crippen LogP contribution in [0.25, 0.3) is 0 Å². The molecule has 4 nitrogen and oxygen atoms in total. The lowest BCUT2D eigenvalue weighted by Gasteiger charge is -2.64. The number of likely N-dealkylation sites (tertiary alicyclic amines) is 1. The molecule has 4 heteroatoms. The number of aliphatic hydroxyl groups is 2. The van der Waals surface area contributed by atoms with Crippen LogP contribution >= 0.6 is 0 Å². The van der Waals surface area contributed by atoms with Crippen molar-refractivity contribution in [3.05, 3.63) is 24.2 Å². The van der Waals surface area contributed by atoms with Crippen molar-refractivity contribution < 1.29 is 14.6 Å². The van der Waals surface area contributed by atoms with Crippen LogP contribution in [0.5, 0.6) is 0 Å². The molecule has 0 spiro atoms. The summed E-state index contributed by atoms with van der Waals surface area (Å²) in [6, 6.07) is 1.91. The fourth-order valence-corrected chi connectivity index (χ4v) is 10.1. The summed E-state index contributed by atoms with van der Waals surface area (Å²) in [5.74, 6) is 2.58. The second-order valence-corrected chi connectivity index (χ2v) is 13.1. The van der Waals surface area contributed by atoms with Gasteiger partial charge in [-0.3, -0.25) is 0 Å². The first-order valence-electron chi connectivity index (χ1n) is 14.0. The zero-order valence-electron chi connectivity index (χ0n) is 20.9. The number of furan rings is 1. The Kier molecular flexibility index (Phi) is 5.37. The van der Waals surface area contributed by atoms with E-state index in [2.05, 4.69) is 18.7 Å². The molecule has 0 aromatic carbocycles. The Hall–Kier alpha value is -0.840. The summed E-state index contributed by atoms with van der Waals surface area (Å²) in [6.45, 7) is 8.68. The van der Waals surface area contributed by atoms with Crippen LogP contribution in [-0.4, -0.2) is 40.3 Å². The molecule has 1 aliphatic heterocycles. The number of hydrogen-bond acceptors (Lipinski definition) is 4. The largest absolute Gasteiger partial charge is 0.472 e.